The number of hydrogen-bond donors (Lipinski definition) is 1. The van der Waals surface area contributed by atoms with Crippen molar-refractivity contribution in [3.8, 4) is 17.3 Å². The molecule has 166 valence electrons. The molecule has 9 nitrogen and oxygen atoms in total. The number of carbonyl (C=O) groups is 1. The van der Waals surface area contributed by atoms with Crippen LogP contribution >= 0.6 is 11.8 Å². The Balaban J connectivity index is 1.13. The first-order valence-corrected chi connectivity index (χ1v) is 11.0. The second kappa shape index (κ2) is 9.25. The number of ether oxygens (including phenoxy) is 1. The molecule has 5 aromatic rings. The second-order valence-corrected chi connectivity index (χ2v) is 7.84. The van der Waals surface area contributed by atoms with Gasteiger partial charge >= 0.3 is 0 Å². The molecule has 0 unspecified atom stereocenters. The van der Waals surface area contributed by atoms with Crippen LogP contribution < -0.4 is 10.1 Å². The van der Waals surface area contributed by atoms with Gasteiger partial charge in [0, 0.05) is 11.6 Å². The van der Waals surface area contributed by atoms with Crippen LogP contribution in [0.15, 0.2) is 70.3 Å². The fourth-order valence-electron chi connectivity index (χ4n) is 3.09. The van der Waals surface area contributed by atoms with Gasteiger partial charge < -0.3 is 14.5 Å². The van der Waals surface area contributed by atoms with E-state index in [1.807, 2.05) is 24.3 Å². The third kappa shape index (κ3) is 4.77. The lowest BCUT2D eigenvalue weighted by Gasteiger charge is -2.07. The number of halogens is 1. The number of benzene rings is 2. The molecule has 2 aromatic carbocycles. The number of rotatable bonds is 8. The molecule has 1 N–H and O–H groups in total. The Labute approximate surface area is 191 Å². The summed E-state index contributed by atoms with van der Waals surface area (Å²) in [6.45, 7) is 0.515. The molecular weight excluding hydrogens is 447 g/mol. The van der Waals surface area contributed by atoms with Crippen LogP contribution in [0.25, 0.3) is 28.1 Å². The maximum Gasteiger partial charge on any atom is 0.257 e. The Morgan fingerprint density at radius 2 is 2.03 bits per heavy atom. The number of hydrogen-bond acceptors (Lipinski definition) is 8. The monoisotopic (exact) mass is 464 g/mol. The predicted molar refractivity (Wildman–Crippen MR) is 119 cm³/mol. The van der Waals surface area contributed by atoms with Gasteiger partial charge in [0.2, 0.25) is 11.8 Å². The van der Waals surface area contributed by atoms with Gasteiger partial charge in [-0.25, -0.2) is 9.37 Å². The molecule has 1 amide bonds. The topological polar surface area (TPSA) is 107 Å². The SMILES string of the molecule is O=C(CSc1nc2ccccc2o1)NCCOc1ccc2nnc(-c3cccc(F)c3)n2n1. The molecule has 0 saturated heterocycles. The van der Waals surface area contributed by atoms with Gasteiger partial charge in [-0.2, -0.15) is 4.52 Å². The first-order chi connectivity index (χ1) is 16.2. The molecule has 33 heavy (non-hydrogen) atoms. The Bertz CT molecular complexity index is 1400. The van der Waals surface area contributed by atoms with E-state index in [-0.39, 0.29) is 24.1 Å². The van der Waals surface area contributed by atoms with E-state index in [1.165, 1.54) is 28.4 Å². The first-order valence-electron chi connectivity index (χ1n) is 10.0. The van der Waals surface area contributed by atoms with Gasteiger partial charge in [0.25, 0.3) is 5.22 Å². The number of carbonyl (C=O) groups excluding carboxylic acids is 1. The number of nitrogens with zero attached hydrogens (tertiary/aromatic N) is 5. The molecule has 0 spiro atoms. The maximum atomic E-state index is 13.6. The Kier molecular flexibility index (Phi) is 5.85. The molecule has 0 aliphatic carbocycles. The molecular formula is C22H17FN6O3S. The lowest BCUT2D eigenvalue weighted by molar-refractivity contribution is -0.118. The van der Waals surface area contributed by atoms with Crippen molar-refractivity contribution in [2.75, 3.05) is 18.9 Å². The number of oxazole rings is 1. The summed E-state index contributed by atoms with van der Waals surface area (Å²) in [5.41, 5.74) is 2.50. The first kappa shape index (κ1) is 20.9. The number of aromatic nitrogens is 5. The van der Waals surface area contributed by atoms with Crippen molar-refractivity contribution < 1.29 is 18.3 Å². The highest BCUT2D eigenvalue weighted by atomic mass is 32.2. The highest BCUT2D eigenvalue weighted by Gasteiger charge is 2.12. The summed E-state index contributed by atoms with van der Waals surface area (Å²) < 4.78 is 26.3. The lowest BCUT2D eigenvalue weighted by atomic mass is 10.2. The van der Waals surface area contributed by atoms with Gasteiger partial charge in [-0.3, -0.25) is 4.79 Å². The van der Waals surface area contributed by atoms with Crippen LogP contribution in [0.1, 0.15) is 0 Å². The van der Waals surface area contributed by atoms with E-state index < -0.39 is 0 Å². The standard InChI is InChI=1S/C22H17FN6O3S/c23-15-5-3-4-14(12-15)21-27-26-18-8-9-20(28-29(18)21)31-11-10-24-19(30)13-33-22-25-16-6-1-2-7-17(16)32-22/h1-9,12H,10-11,13H2,(H,24,30). The third-order valence-electron chi connectivity index (χ3n) is 4.60. The summed E-state index contributed by atoms with van der Waals surface area (Å²) in [6.07, 6.45) is 0. The minimum atomic E-state index is -0.373. The summed E-state index contributed by atoms with van der Waals surface area (Å²) in [5, 5.41) is 15.7. The summed E-state index contributed by atoms with van der Waals surface area (Å²) in [7, 11) is 0. The highest BCUT2D eigenvalue weighted by molar-refractivity contribution is 7.99. The molecule has 5 rings (SSSR count). The van der Waals surface area contributed by atoms with E-state index in [1.54, 1.807) is 24.3 Å². The largest absolute Gasteiger partial charge is 0.475 e. The number of amides is 1. The van der Waals surface area contributed by atoms with Crippen LogP contribution in [0.5, 0.6) is 5.88 Å². The molecule has 0 atom stereocenters. The van der Waals surface area contributed by atoms with Gasteiger partial charge in [-0.15, -0.1) is 15.3 Å². The zero-order valence-corrected chi connectivity index (χ0v) is 18.0. The van der Waals surface area contributed by atoms with Gasteiger partial charge in [-0.1, -0.05) is 36.0 Å². The smallest absolute Gasteiger partial charge is 0.257 e. The van der Waals surface area contributed by atoms with Crippen molar-refractivity contribution in [2.24, 2.45) is 0 Å². The average molecular weight is 464 g/mol. The van der Waals surface area contributed by atoms with Crippen LogP contribution in [-0.2, 0) is 4.79 Å². The molecule has 0 aliphatic heterocycles. The Morgan fingerprint density at radius 3 is 2.91 bits per heavy atom. The van der Waals surface area contributed by atoms with Crippen LogP contribution in [0.2, 0.25) is 0 Å². The van der Waals surface area contributed by atoms with E-state index in [4.69, 9.17) is 9.15 Å². The highest BCUT2D eigenvalue weighted by Crippen LogP contribution is 2.23. The van der Waals surface area contributed by atoms with Gasteiger partial charge in [0.15, 0.2) is 17.1 Å². The zero-order valence-electron chi connectivity index (χ0n) is 17.1. The van der Waals surface area contributed by atoms with Gasteiger partial charge in [0.1, 0.15) is 17.9 Å². The molecule has 0 fully saturated rings. The Morgan fingerprint density at radius 1 is 1.12 bits per heavy atom. The molecule has 3 aromatic heterocycles. The van der Waals surface area contributed by atoms with Crippen LogP contribution in [0.4, 0.5) is 4.39 Å². The van der Waals surface area contributed by atoms with Crippen LogP contribution in [-0.4, -0.2) is 49.6 Å². The summed E-state index contributed by atoms with van der Waals surface area (Å²) in [5.74, 6) is 0.368. The minimum absolute atomic E-state index is 0.165. The normalized spacial score (nSPS) is 11.2. The van der Waals surface area contributed by atoms with E-state index in [0.29, 0.717) is 40.3 Å². The van der Waals surface area contributed by atoms with E-state index >= 15 is 0 Å². The molecule has 0 bridgehead atoms. The quantitative estimate of drug-likeness (QED) is 0.275. The van der Waals surface area contributed by atoms with E-state index in [2.05, 4.69) is 25.6 Å². The lowest BCUT2D eigenvalue weighted by Crippen LogP contribution is -2.29. The number of para-hydroxylation sites is 2. The predicted octanol–water partition coefficient (Wildman–Crippen LogP) is 3.36. The second-order valence-electron chi connectivity index (χ2n) is 6.91. The van der Waals surface area contributed by atoms with E-state index in [0.717, 1.165) is 5.52 Å². The summed E-state index contributed by atoms with van der Waals surface area (Å²) in [4.78, 5) is 16.4. The zero-order chi connectivity index (χ0) is 22.6. The molecule has 0 aliphatic rings. The molecule has 3 heterocycles. The van der Waals surface area contributed by atoms with Gasteiger partial charge in [-0.05, 0) is 30.3 Å². The van der Waals surface area contributed by atoms with Crippen molar-refractivity contribution in [1.82, 2.24) is 30.1 Å². The third-order valence-corrected chi connectivity index (χ3v) is 5.42. The molecule has 0 radical (unpaired) electrons. The number of thioether (sulfide) groups is 1. The molecule has 0 saturated carbocycles. The maximum absolute atomic E-state index is 13.6. The van der Waals surface area contributed by atoms with Crippen molar-refractivity contribution in [2.45, 2.75) is 5.22 Å². The molecule has 11 heteroatoms. The summed E-state index contributed by atoms with van der Waals surface area (Å²) >= 11 is 1.22. The number of nitrogens with one attached hydrogen (secondary N) is 1. The minimum Gasteiger partial charge on any atom is -0.475 e. The number of fused-ring (bicyclic) bond motifs is 2. The fourth-order valence-corrected chi connectivity index (χ4v) is 3.76. The summed E-state index contributed by atoms with van der Waals surface area (Å²) in [6, 6.07) is 16.8. The van der Waals surface area contributed by atoms with E-state index in [9.17, 15) is 9.18 Å². The Hall–Kier alpha value is -3.99. The van der Waals surface area contributed by atoms with Crippen molar-refractivity contribution in [3.05, 3.63) is 66.5 Å². The van der Waals surface area contributed by atoms with Crippen molar-refractivity contribution in [3.63, 3.8) is 0 Å². The fraction of sp³-hybridized carbons (Fsp3) is 0.136. The van der Waals surface area contributed by atoms with Crippen LogP contribution in [0, 0.1) is 5.82 Å². The van der Waals surface area contributed by atoms with Crippen LogP contribution in [0.3, 0.4) is 0 Å². The van der Waals surface area contributed by atoms with Crippen molar-refractivity contribution >= 4 is 34.4 Å². The average Bonchev–Trinajstić information content (AvgIpc) is 3.44. The van der Waals surface area contributed by atoms with Crippen molar-refractivity contribution in [1.29, 1.82) is 0 Å². The van der Waals surface area contributed by atoms with Gasteiger partial charge in [0.05, 0.1) is 12.3 Å².